The average Bonchev–Trinajstić information content (AvgIpc) is 2.92. The summed E-state index contributed by atoms with van der Waals surface area (Å²) < 4.78 is 14.6. The van der Waals surface area contributed by atoms with Gasteiger partial charge in [-0.3, -0.25) is 4.79 Å². The first-order valence-electron chi connectivity index (χ1n) is 7.84. The van der Waals surface area contributed by atoms with Gasteiger partial charge in [-0.2, -0.15) is 5.10 Å². The van der Waals surface area contributed by atoms with Gasteiger partial charge in [0.25, 0.3) is 5.91 Å². The smallest absolute Gasteiger partial charge is 0.272 e. The van der Waals surface area contributed by atoms with Crippen molar-refractivity contribution in [3.8, 4) is 5.69 Å². The number of aliphatic hydroxyl groups excluding tert-OH is 1. The SMILES string of the molecule is Cc1cc(C(=O)NC2CCC(O)CC2)nn1-c1ccc(F)cc1. The maximum atomic E-state index is 13.0. The fourth-order valence-corrected chi connectivity index (χ4v) is 2.91. The van der Waals surface area contributed by atoms with E-state index in [2.05, 4.69) is 10.4 Å². The second-order valence-electron chi connectivity index (χ2n) is 6.04. The lowest BCUT2D eigenvalue weighted by Gasteiger charge is -2.25. The number of carbonyl (C=O) groups excluding carboxylic acids is 1. The molecule has 0 radical (unpaired) electrons. The Bertz CT molecular complexity index is 688. The van der Waals surface area contributed by atoms with Crippen LogP contribution in [0.25, 0.3) is 5.69 Å². The molecule has 0 aliphatic heterocycles. The summed E-state index contributed by atoms with van der Waals surface area (Å²) in [5.41, 5.74) is 1.86. The van der Waals surface area contributed by atoms with Gasteiger partial charge in [0.15, 0.2) is 5.69 Å². The molecule has 122 valence electrons. The van der Waals surface area contributed by atoms with Gasteiger partial charge in [0, 0.05) is 11.7 Å². The minimum atomic E-state index is -0.309. The second-order valence-corrected chi connectivity index (χ2v) is 6.04. The van der Waals surface area contributed by atoms with Gasteiger partial charge in [-0.25, -0.2) is 9.07 Å². The van der Waals surface area contributed by atoms with E-state index in [0.717, 1.165) is 18.5 Å². The number of carbonyl (C=O) groups is 1. The molecule has 0 atom stereocenters. The Hall–Kier alpha value is -2.21. The van der Waals surface area contributed by atoms with E-state index in [1.807, 2.05) is 6.92 Å². The lowest BCUT2D eigenvalue weighted by molar-refractivity contribution is 0.0863. The van der Waals surface area contributed by atoms with Crippen molar-refractivity contribution < 1.29 is 14.3 Å². The highest BCUT2D eigenvalue weighted by Gasteiger charge is 2.22. The lowest BCUT2D eigenvalue weighted by Crippen LogP contribution is -2.38. The van der Waals surface area contributed by atoms with Crippen molar-refractivity contribution in [2.45, 2.75) is 44.8 Å². The molecular formula is C17H20FN3O2. The minimum Gasteiger partial charge on any atom is -0.393 e. The van der Waals surface area contributed by atoms with Crippen molar-refractivity contribution in [1.82, 2.24) is 15.1 Å². The van der Waals surface area contributed by atoms with Gasteiger partial charge in [-0.1, -0.05) is 0 Å². The molecule has 1 heterocycles. The van der Waals surface area contributed by atoms with Gasteiger partial charge in [0.1, 0.15) is 5.82 Å². The summed E-state index contributed by atoms with van der Waals surface area (Å²) in [7, 11) is 0. The van der Waals surface area contributed by atoms with E-state index >= 15 is 0 Å². The van der Waals surface area contributed by atoms with Crippen LogP contribution in [0.15, 0.2) is 30.3 Å². The van der Waals surface area contributed by atoms with Crippen LogP contribution in [0.5, 0.6) is 0 Å². The summed E-state index contributed by atoms with van der Waals surface area (Å²) in [5, 5.41) is 16.8. The molecule has 1 fully saturated rings. The fourth-order valence-electron chi connectivity index (χ4n) is 2.91. The van der Waals surface area contributed by atoms with Crippen LogP contribution >= 0.6 is 0 Å². The molecule has 1 amide bonds. The summed E-state index contributed by atoms with van der Waals surface area (Å²) in [4.78, 5) is 12.3. The molecule has 1 aromatic heterocycles. The van der Waals surface area contributed by atoms with Crippen molar-refractivity contribution in [2.24, 2.45) is 0 Å². The standard InChI is InChI=1S/C17H20FN3O2/c1-11-10-16(17(23)19-13-4-8-15(22)9-5-13)20-21(11)14-6-2-12(18)3-7-14/h2-3,6-7,10,13,15,22H,4-5,8-9H2,1H3,(H,19,23). The molecule has 0 saturated heterocycles. The Kier molecular flexibility index (Phi) is 4.43. The van der Waals surface area contributed by atoms with Crippen molar-refractivity contribution in [3.05, 3.63) is 47.5 Å². The van der Waals surface area contributed by atoms with E-state index in [9.17, 15) is 14.3 Å². The Balaban J connectivity index is 1.72. The number of aromatic nitrogens is 2. The monoisotopic (exact) mass is 317 g/mol. The highest BCUT2D eigenvalue weighted by Crippen LogP contribution is 2.19. The number of halogens is 1. The molecular weight excluding hydrogens is 297 g/mol. The zero-order valence-electron chi connectivity index (χ0n) is 13.0. The molecule has 2 N–H and O–H groups in total. The van der Waals surface area contributed by atoms with Crippen LogP contribution in [0.1, 0.15) is 41.9 Å². The number of nitrogens with one attached hydrogen (secondary N) is 1. The highest BCUT2D eigenvalue weighted by molar-refractivity contribution is 5.92. The first-order chi connectivity index (χ1) is 11.0. The van der Waals surface area contributed by atoms with Gasteiger partial charge in [0.2, 0.25) is 0 Å². The van der Waals surface area contributed by atoms with E-state index < -0.39 is 0 Å². The van der Waals surface area contributed by atoms with E-state index in [-0.39, 0.29) is 23.9 Å². The first kappa shape index (κ1) is 15.7. The van der Waals surface area contributed by atoms with Crippen LogP contribution in [0, 0.1) is 12.7 Å². The molecule has 1 aliphatic carbocycles. The third-order valence-electron chi connectivity index (χ3n) is 4.22. The van der Waals surface area contributed by atoms with E-state index in [4.69, 9.17) is 0 Å². The third kappa shape index (κ3) is 3.59. The van der Waals surface area contributed by atoms with Crippen LogP contribution in [-0.4, -0.2) is 32.9 Å². The Labute approximate surface area is 134 Å². The summed E-state index contributed by atoms with van der Waals surface area (Å²) >= 11 is 0. The molecule has 23 heavy (non-hydrogen) atoms. The molecule has 5 nitrogen and oxygen atoms in total. The van der Waals surface area contributed by atoms with Gasteiger partial charge >= 0.3 is 0 Å². The Morgan fingerprint density at radius 3 is 2.57 bits per heavy atom. The maximum absolute atomic E-state index is 13.0. The maximum Gasteiger partial charge on any atom is 0.272 e. The summed E-state index contributed by atoms with van der Waals surface area (Å²) in [6.07, 6.45) is 2.75. The van der Waals surface area contributed by atoms with Crippen molar-refractivity contribution in [2.75, 3.05) is 0 Å². The number of hydrogen-bond acceptors (Lipinski definition) is 3. The second kappa shape index (κ2) is 6.50. The van der Waals surface area contributed by atoms with Crippen LogP contribution in [0.2, 0.25) is 0 Å². The lowest BCUT2D eigenvalue weighted by atomic mass is 9.93. The quantitative estimate of drug-likeness (QED) is 0.913. The molecule has 0 bridgehead atoms. The predicted octanol–water partition coefficient (Wildman–Crippen LogP) is 2.35. The Morgan fingerprint density at radius 1 is 1.26 bits per heavy atom. The van der Waals surface area contributed by atoms with E-state index in [1.54, 1.807) is 22.9 Å². The van der Waals surface area contributed by atoms with E-state index in [0.29, 0.717) is 24.2 Å². The van der Waals surface area contributed by atoms with Gasteiger partial charge < -0.3 is 10.4 Å². The van der Waals surface area contributed by atoms with Crippen LogP contribution < -0.4 is 5.32 Å². The van der Waals surface area contributed by atoms with Gasteiger partial charge in [0.05, 0.1) is 11.8 Å². The third-order valence-corrected chi connectivity index (χ3v) is 4.22. The number of nitrogens with zero attached hydrogens (tertiary/aromatic N) is 2. The number of hydrogen-bond donors (Lipinski definition) is 2. The largest absolute Gasteiger partial charge is 0.393 e. The normalized spacial score (nSPS) is 21.2. The van der Waals surface area contributed by atoms with Gasteiger partial charge in [-0.05, 0) is 62.9 Å². The number of aliphatic hydroxyl groups is 1. The molecule has 6 heteroatoms. The molecule has 1 aromatic carbocycles. The number of amides is 1. The average molecular weight is 317 g/mol. The molecule has 1 aliphatic rings. The van der Waals surface area contributed by atoms with Crippen molar-refractivity contribution in [3.63, 3.8) is 0 Å². The van der Waals surface area contributed by atoms with Crippen molar-refractivity contribution in [1.29, 1.82) is 0 Å². The first-order valence-corrected chi connectivity index (χ1v) is 7.84. The molecule has 0 spiro atoms. The predicted molar refractivity (Wildman–Crippen MR) is 84.0 cm³/mol. The number of rotatable bonds is 3. The van der Waals surface area contributed by atoms with Crippen molar-refractivity contribution >= 4 is 5.91 Å². The minimum absolute atomic E-state index is 0.0853. The van der Waals surface area contributed by atoms with Crippen LogP contribution in [0.3, 0.4) is 0 Å². The number of benzene rings is 1. The van der Waals surface area contributed by atoms with Crippen LogP contribution in [-0.2, 0) is 0 Å². The topological polar surface area (TPSA) is 67.2 Å². The molecule has 2 aromatic rings. The Morgan fingerprint density at radius 2 is 1.91 bits per heavy atom. The summed E-state index contributed by atoms with van der Waals surface area (Å²) in [6, 6.07) is 7.78. The zero-order chi connectivity index (χ0) is 16.4. The summed E-state index contributed by atoms with van der Waals surface area (Å²) in [5.74, 6) is -0.522. The zero-order valence-corrected chi connectivity index (χ0v) is 13.0. The fraction of sp³-hybridized carbons (Fsp3) is 0.412. The molecule has 3 rings (SSSR count). The molecule has 1 saturated carbocycles. The highest BCUT2D eigenvalue weighted by atomic mass is 19.1. The van der Waals surface area contributed by atoms with Gasteiger partial charge in [-0.15, -0.1) is 0 Å². The van der Waals surface area contributed by atoms with E-state index in [1.165, 1.54) is 12.1 Å². The number of aryl methyl sites for hydroxylation is 1. The van der Waals surface area contributed by atoms with Crippen LogP contribution in [0.4, 0.5) is 4.39 Å². The molecule has 0 unspecified atom stereocenters. The summed E-state index contributed by atoms with van der Waals surface area (Å²) in [6.45, 7) is 1.85.